The second kappa shape index (κ2) is 9.97. The number of rotatable bonds is 8. The predicted octanol–water partition coefficient (Wildman–Crippen LogP) is 3.87. The fraction of sp³-hybridized carbons (Fsp3) is 0.350. The summed E-state index contributed by atoms with van der Waals surface area (Å²) < 4.78 is 27.6. The first-order valence-electron chi connectivity index (χ1n) is 9.14. The Morgan fingerprint density at radius 3 is 2.07 bits per heavy atom. The number of nitrogens with two attached hydrogens (primary N) is 1. The number of hydrogen-bond acceptors (Lipinski definition) is 7. The standard InChI is InChI=1S/C20H24N2O6.ClH/c1-4-24-17-7-12(8-18(25-5-2)19(17)26-6-3)20(23)22-14-10-16-15(9-13(14)21)27-11-28-16;/h7-10H,4-6,11,21H2,1-3H3,(H,22,23);1H. The molecule has 3 rings (SSSR count). The van der Waals surface area contributed by atoms with Crippen LogP contribution in [-0.4, -0.2) is 32.5 Å². The van der Waals surface area contributed by atoms with Gasteiger partial charge in [0.15, 0.2) is 23.0 Å². The number of carbonyl (C=O) groups is 1. The highest BCUT2D eigenvalue weighted by Crippen LogP contribution is 2.41. The molecule has 0 saturated heterocycles. The van der Waals surface area contributed by atoms with E-state index in [1.807, 2.05) is 20.8 Å². The highest BCUT2D eigenvalue weighted by Gasteiger charge is 2.21. The molecule has 8 nitrogen and oxygen atoms in total. The Kier molecular flexibility index (Phi) is 7.67. The minimum atomic E-state index is -0.365. The molecule has 0 atom stereocenters. The van der Waals surface area contributed by atoms with Crippen LogP contribution >= 0.6 is 12.4 Å². The first kappa shape index (κ1) is 22.3. The van der Waals surface area contributed by atoms with E-state index in [4.69, 9.17) is 29.4 Å². The lowest BCUT2D eigenvalue weighted by atomic mass is 10.1. The van der Waals surface area contributed by atoms with E-state index in [9.17, 15) is 4.79 Å². The van der Waals surface area contributed by atoms with Gasteiger partial charge in [-0.05, 0) is 32.9 Å². The summed E-state index contributed by atoms with van der Waals surface area (Å²) in [5, 5.41) is 2.79. The largest absolute Gasteiger partial charge is 0.490 e. The highest BCUT2D eigenvalue weighted by molar-refractivity contribution is 6.06. The highest BCUT2D eigenvalue weighted by atomic mass is 35.5. The summed E-state index contributed by atoms with van der Waals surface area (Å²) in [6.07, 6.45) is 0. The molecule has 0 aliphatic carbocycles. The fourth-order valence-corrected chi connectivity index (χ4v) is 2.78. The Hall–Kier alpha value is -3.00. The molecule has 2 aromatic carbocycles. The molecule has 0 aromatic heterocycles. The monoisotopic (exact) mass is 424 g/mol. The lowest BCUT2D eigenvalue weighted by Gasteiger charge is -2.17. The minimum Gasteiger partial charge on any atom is -0.490 e. The molecule has 0 unspecified atom stereocenters. The summed E-state index contributed by atoms with van der Waals surface area (Å²) in [6.45, 7) is 7.00. The lowest BCUT2D eigenvalue weighted by molar-refractivity contribution is 0.102. The maximum atomic E-state index is 12.9. The number of fused-ring (bicyclic) bond motifs is 1. The minimum absolute atomic E-state index is 0. The van der Waals surface area contributed by atoms with Crippen molar-refractivity contribution in [3.8, 4) is 28.7 Å². The third kappa shape index (κ3) is 4.89. The number of nitrogens with one attached hydrogen (secondary N) is 1. The van der Waals surface area contributed by atoms with Crippen molar-refractivity contribution in [2.75, 3.05) is 37.7 Å². The summed E-state index contributed by atoms with van der Waals surface area (Å²) in [4.78, 5) is 12.9. The van der Waals surface area contributed by atoms with Crippen LogP contribution in [0.2, 0.25) is 0 Å². The second-order valence-electron chi connectivity index (χ2n) is 5.85. The summed E-state index contributed by atoms with van der Waals surface area (Å²) >= 11 is 0. The van der Waals surface area contributed by atoms with Gasteiger partial charge in [0, 0.05) is 17.7 Å². The van der Waals surface area contributed by atoms with Gasteiger partial charge in [-0.25, -0.2) is 0 Å². The normalized spacial score (nSPS) is 11.4. The Bertz CT molecular complexity index is 847. The first-order chi connectivity index (χ1) is 13.6. The van der Waals surface area contributed by atoms with Crippen molar-refractivity contribution in [2.45, 2.75) is 20.8 Å². The summed E-state index contributed by atoms with van der Waals surface area (Å²) in [6, 6.07) is 6.50. The van der Waals surface area contributed by atoms with E-state index in [2.05, 4.69) is 5.32 Å². The third-order valence-corrected chi connectivity index (χ3v) is 3.96. The Morgan fingerprint density at radius 1 is 0.966 bits per heavy atom. The molecule has 0 spiro atoms. The Balaban J connectivity index is 0.00000300. The second-order valence-corrected chi connectivity index (χ2v) is 5.85. The van der Waals surface area contributed by atoms with Gasteiger partial charge in [-0.1, -0.05) is 0 Å². The van der Waals surface area contributed by atoms with Crippen LogP contribution in [0, 0.1) is 0 Å². The molecule has 29 heavy (non-hydrogen) atoms. The van der Waals surface area contributed by atoms with Crippen molar-refractivity contribution < 1.29 is 28.5 Å². The number of ether oxygens (including phenoxy) is 5. The quantitative estimate of drug-likeness (QED) is 0.620. The van der Waals surface area contributed by atoms with Gasteiger partial charge in [0.2, 0.25) is 12.5 Å². The van der Waals surface area contributed by atoms with Crippen LogP contribution in [0.25, 0.3) is 0 Å². The van der Waals surface area contributed by atoms with Crippen molar-refractivity contribution in [3.63, 3.8) is 0 Å². The predicted molar refractivity (Wildman–Crippen MR) is 112 cm³/mol. The molecule has 1 amide bonds. The molecule has 1 heterocycles. The molecule has 0 fully saturated rings. The van der Waals surface area contributed by atoms with E-state index in [1.165, 1.54) is 0 Å². The molecule has 158 valence electrons. The molecule has 1 aliphatic heterocycles. The van der Waals surface area contributed by atoms with Crippen molar-refractivity contribution in [1.29, 1.82) is 0 Å². The van der Waals surface area contributed by atoms with Gasteiger partial charge in [-0.3, -0.25) is 4.79 Å². The lowest BCUT2D eigenvalue weighted by Crippen LogP contribution is -2.14. The zero-order valence-electron chi connectivity index (χ0n) is 16.6. The van der Waals surface area contributed by atoms with Gasteiger partial charge >= 0.3 is 0 Å². The van der Waals surface area contributed by atoms with E-state index in [0.717, 1.165) is 0 Å². The maximum absolute atomic E-state index is 12.9. The van der Waals surface area contributed by atoms with Crippen LogP contribution in [0.5, 0.6) is 28.7 Å². The van der Waals surface area contributed by atoms with Crippen LogP contribution in [0.15, 0.2) is 24.3 Å². The molecular formula is C20H25ClN2O6. The first-order valence-corrected chi connectivity index (χ1v) is 9.14. The Morgan fingerprint density at radius 2 is 1.52 bits per heavy atom. The average molecular weight is 425 g/mol. The zero-order chi connectivity index (χ0) is 20.1. The van der Waals surface area contributed by atoms with Crippen molar-refractivity contribution in [1.82, 2.24) is 0 Å². The zero-order valence-corrected chi connectivity index (χ0v) is 17.4. The van der Waals surface area contributed by atoms with Gasteiger partial charge in [-0.2, -0.15) is 0 Å². The molecule has 0 bridgehead atoms. The SMILES string of the molecule is CCOc1cc(C(=O)Nc2cc3c(cc2N)OCO3)cc(OCC)c1OCC.Cl. The van der Waals surface area contributed by atoms with Crippen LogP contribution in [0.1, 0.15) is 31.1 Å². The van der Waals surface area contributed by atoms with Gasteiger partial charge < -0.3 is 34.7 Å². The average Bonchev–Trinajstić information content (AvgIpc) is 3.11. The van der Waals surface area contributed by atoms with Gasteiger partial charge in [0.05, 0.1) is 31.2 Å². The van der Waals surface area contributed by atoms with Gasteiger partial charge in [0.25, 0.3) is 5.91 Å². The van der Waals surface area contributed by atoms with Crippen molar-refractivity contribution >= 4 is 29.7 Å². The molecule has 9 heteroatoms. The van der Waals surface area contributed by atoms with Crippen LogP contribution < -0.4 is 34.7 Å². The molecule has 0 radical (unpaired) electrons. The number of carbonyl (C=O) groups excluding carboxylic acids is 1. The number of anilines is 2. The van der Waals surface area contributed by atoms with Crippen LogP contribution in [0.4, 0.5) is 11.4 Å². The van der Waals surface area contributed by atoms with E-state index in [-0.39, 0.29) is 25.1 Å². The maximum Gasteiger partial charge on any atom is 0.256 e. The fourth-order valence-electron chi connectivity index (χ4n) is 2.78. The van der Waals surface area contributed by atoms with Crippen LogP contribution in [-0.2, 0) is 0 Å². The molecular weight excluding hydrogens is 400 g/mol. The molecule has 0 saturated carbocycles. The summed E-state index contributed by atoms with van der Waals surface area (Å²) in [5.74, 6) is 2.08. The van der Waals surface area contributed by atoms with E-state index < -0.39 is 0 Å². The smallest absolute Gasteiger partial charge is 0.256 e. The number of benzene rings is 2. The number of amides is 1. The summed E-state index contributed by atoms with van der Waals surface area (Å²) in [5.41, 5.74) is 7.18. The topological polar surface area (TPSA) is 101 Å². The van der Waals surface area contributed by atoms with Crippen molar-refractivity contribution in [2.24, 2.45) is 0 Å². The van der Waals surface area contributed by atoms with Crippen LogP contribution in [0.3, 0.4) is 0 Å². The Labute approximate surface area is 175 Å². The summed E-state index contributed by atoms with van der Waals surface area (Å²) in [7, 11) is 0. The molecule has 1 aliphatic rings. The number of hydrogen-bond donors (Lipinski definition) is 2. The third-order valence-electron chi connectivity index (χ3n) is 3.96. The van der Waals surface area contributed by atoms with E-state index in [0.29, 0.717) is 65.5 Å². The van der Waals surface area contributed by atoms with Gasteiger partial charge in [0.1, 0.15) is 0 Å². The molecule has 2 aromatic rings. The van der Waals surface area contributed by atoms with Crippen molar-refractivity contribution in [3.05, 3.63) is 29.8 Å². The number of nitrogen functional groups attached to an aromatic ring is 1. The van der Waals surface area contributed by atoms with Gasteiger partial charge in [-0.15, -0.1) is 12.4 Å². The number of halogens is 1. The molecule has 3 N–H and O–H groups in total. The van der Waals surface area contributed by atoms with E-state index >= 15 is 0 Å². The van der Waals surface area contributed by atoms with E-state index in [1.54, 1.807) is 24.3 Å².